The molecule has 0 aliphatic heterocycles. The van der Waals surface area contributed by atoms with E-state index in [0.717, 1.165) is 15.9 Å². The van der Waals surface area contributed by atoms with Gasteiger partial charge < -0.3 is 10.3 Å². The summed E-state index contributed by atoms with van der Waals surface area (Å²) in [6.45, 7) is 4.72. The highest BCUT2D eigenvalue weighted by molar-refractivity contribution is 7.99. The summed E-state index contributed by atoms with van der Waals surface area (Å²) in [6.07, 6.45) is 0.294. The number of carbonyl (C=O) groups excluding carboxylic acids is 1. The molecule has 1 amide bonds. The minimum absolute atomic E-state index is 0.294. The highest BCUT2D eigenvalue weighted by atomic mass is 32.2. The number of hydrogen-bond donors (Lipinski definition) is 1. The molecule has 2 rings (SSSR count). The van der Waals surface area contributed by atoms with Crippen LogP contribution in [0.15, 0.2) is 22.7 Å². The van der Waals surface area contributed by atoms with Crippen molar-refractivity contribution in [3.63, 3.8) is 0 Å². The third-order valence-electron chi connectivity index (χ3n) is 2.38. The Kier molecular flexibility index (Phi) is 4.60. The highest BCUT2D eigenvalue weighted by Gasteiger charge is 2.16. The third kappa shape index (κ3) is 3.57. The van der Waals surface area contributed by atoms with Crippen molar-refractivity contribution in [2.75, 3.05) is 0 Å². The van der Waals surface area contributed by atoms with Crippen LogP contribution in [0.1, 0.15) is 20.3 Å². The van der Waals surface area contributed by atoms with Crippen molar-refractivity contribution in [2.45, 2.75) is 37.2 Å². The average molecular weight is 296 g/mol. The van der Waals surface area contributed by atoms with Crippen LogP contribution in [0.25, 0.3) is 10.7 Å². The monoisotopic (exact) mass is 296 g/mol. The lowest BCUT2D eigenvalue weighted by Gasteiger charge is -2.09. The number of rotatable bonds is 6. The lowest BCUT2D eigenvalue weighted by molar-refractivity contribution is -0.118. The number of nitrogens with zero attached hydrogens (tertiary/aromatic N) is 3. The maximum absolute atomic E-state index is 11.0. The number of primary amides is 1. The lowest BCUT2D eigenvalue weighted by atomic mass is 10.4. The van der Waals surface area contributed by atoms with Crippen LogP contribution in [0.2, 0.25) is 0 Å². The number of carbonyl (C=O) groups is 1. The topological polar surface area (TPSA) is 73.8 Å². The van der Waals surface area contributed by atoms with E-state index in [9.17, 15) is 4.79 Å². The Hall–Kier alpha value is -1.34. The number of thioether (sulfide) groups is 1. The maximum Gasteiger partial charge on any atom is 0.219 e. The molecule has 0 radical (unpaired) electrons. The zero-order chi connectivity index (χ0) is 13.8. The SMILES string of the molecule is CC(C)Sc1nnc(-c2cccs2)n1CCC(N)=O. The van der Waals surface area contributed by atoms with Crippen molar-refractivity contribution in [1.29, 1.82) is 0 Å². The first-order valence-corrected chi connectivity index (χ1v) is 7.76. The summed E-state index contributed by atoms with van der Waals surface area (Å²) in [5.41, 5.74) is 5.23. The van der Waals surface area contributed by atoms with Crippen LogP contribution < -0.4 is 5.73 Å². The van der Waals surface area contributed by atoms with Crippen molar-refractivity contribution in [3.05, 3.63) is 17.5 Å². The number of aromatic nitrogens is 3. The second kappa shape index (κ2) is 6.21. The van der Waals surface area contributed by atoms with Gasteiger partial charge in [-0.05, 0) is 11.4 Å². The first-order chi connectivity index (χ1) is 9.08. The van der Waals surface area contributed by atoms with Crippen LogP contribution >= 0.6 is 23.1 Å². The van der Waals surface area contributed by atoms with Crippen LogP contribution in [0, 0.1) is 0 Å². The Morgan fingerprint density at radius 2 is 2.32 bits per heavy atom. The molecule has 0 aliphatic rings. The standard InChI is InChI=1S/C12H16N4OS2/c1-8(2)19-12-15-14-11(9-4-3-7-18-9)16(12)6-5-10(13)17/h3-4,7-8H,5-6H2,1-2H3,(H2,13,17). The minimum atomic E-state index is -0.314. The van der Waals surface area contributed by atoms with Gasteiger partial charge in [-0.2, -0.15) is 0 Å². The van der Waals surface area contributed by atoms with E-state index in [1.807, 2.05) is 22.1 Å². The van der Waals surface area contributed by atoms with Gasteiger partial charge in [0.2, 0.25) is 5.91 Å². The van der Waals surface area contributed by atoms with Crippen LogP contribution in [-0.4, -0.2) is 25.9 Å². The van der Waals surface area contributed by atoms with Gasteiger partial charge >= 0.3 is 0 Å². The second-order valence-corrected chi connectivity index (χ2v) is 6.81. The molecule has 2 heterocycles. The van der Waals surface area contributed by atoms with Crippen molar-refractivity contribution >= 4 is 29.0 Å². The van der Waals surface area contributed by atoms with E-state index < -0.39 is 0 Å². The molecule has 0 aromatic carbocycles. The van der Waals surface area contributed by atoms with Gasteiger partial charge in [-0.1, -0.05) is 31.7 Å². The molecule has 0 fully saturated rings. The molecule has 2 aromatic heterocycles. The largest absolute Gasteiger partial charge is 0.370 e. The highest BCUT2D eigenvalue weighted by Crippen LogP contribution is 2.29. The maximum atomic E-state index is 11.0. The Labute approximate surface area is 120 Å². The molecule has 0 spiro atoms. The summed E-state index contributed by atoms with van der Waals surface area (Å²) in [7, 11) is 0. The molecule has 7 heteroatoms. The molecule has 5 nitrogen and oxygen atoms in total. The normalized spacial score (nSPS) is 11.1. The number of hydrogen-bond acceptors (Lipinski definition) is 5. The molecule has 19 heavy (non-hydrogen) atoms. The van der Waals surface area contributed by atoms with E-state index in [-0.39, 0.29) is 5.91 Å². The van der Waals surface area contributed by atoms with Gasteiger partial charge in [0, 0.05) is 18.2 Å². The molecule has 0 saturated heterocycles. The summed E-state index contributed by atoms with van der Waals surface area (Å²) in [4.78, 5) is 12.0. The van der Waals surface area contributed by atoms with Gasteiger partial charge in [-0.3, -0.25) is 4.79 Å². The Morgan fingerprint density at radius 3 is 2.89 bits per heavy atom. The number of nitrogens with two attached hydrogens (primary N) is 1. The molecule has 0 atom stereocenters. The molecule has 0 unspecified atom stereocenters. The quantitative estimate of drug-likeness (QED) is 0.831. The van der Waals surface area contributed by atoms with E-state index in [0.29, 0.717) is 18.2 Å². The van der Waals surface area contributed by atoms with Crippen molar-refractivity contribution in [1.82, 2.24) is 14.8 Å². The summed E-state index contributed by atoms with van der Waals surface area (Å²) in [6, 6.07) is 3.97. The van der Waals surface area contributed by atoms with E-state index in [1.54, 1.807) is 23.1 Å². The molecule has 2 aromatic rings. The fourth-order valence-electron chi connectivity index (χ4n) is 1.60. The van der Waals surface area contributed by atoms with E-state index in [2.05, 4.69) is 24.0 Å². The van der Waals surface area contributed by atoms with E-state index >= 15 is 0 Å². The van der Waals surface area contributed by atoms with Gasteiger partial charge in [-0.15, -0.1) is 21.5 Å². The van der Waals surface area contributed by atoms with Gasteiger partial charge in [-0.25, -0.2) is 0 Å². The van der Waals surface area contributed by atoms with Gasteiger partial charge in [0.05, 0.1) is 4.88 Å². The van der Waals surface area contributed by atoms with Crippen LogP contribution in [0.3, 0.4) is 0 Å². The Morgan fingerprint density at radius 1 is 1.53 bits per heavy atom. The van der Waals surface area contributed by atoms with E-state index in [4.69, 9.17) is 5.73 Å². The fraction of sp³-hybridized carbons (Fsp3) is 0.417. The third-order valence-corrected chi connectivity index (χ3v) is 4.23. The zero-order valence-electron chi connectivity index (χ0n) is 10.9. The summed E-state index contributed by atoms with van der Waals surface area (Å²) in [5.74, 6) is 0.491. The van der Waals surface area contributed by atoms with Crippen molar-refractivity contribution < 1.29 is 4.79 Å². The van der Waals surface area contributed by atoms with Gasteiger partial charge in [0.15, 0.2) is 11.0 Å². The molecule has 0 bridgehead atoms. The molecule has 0 saturated carbocycles. The lowest BCUT2D eigenvalue weighted by Crippen LogP contribution is -2.15. The van der Waals surface area contributed by atoms with Gasteiger partial charge in [0.25, 0.3) is 0 Å². The number of thiophene rings is 1. The van der Waals surface area contributed by atoms with Gasteiger partial charge in [0.1, 0.15) is 0 Å². The molecule has 0 aliphatic carbocycles. The van der Waals surface area contributed by atoms with Crippen LogP contribution in [0.4, 0.5) is 0 Å². The number of amides is 1. The zero-order valence-corrected chi connectivity index (χ0v) is 12.5. The predicted molar refractivity (Wildman–Crippen MR) is 78.1 cm³/mol. The molecular formula is C12H16N4OS2. The average Bonchev–Trinajstić information content (AvgIpc) is 2.94. The summed E-state index contributed by atoms with van der Waals surface area (Å²) < 4.78 is 1.97. The van der Waals surface area contributed by atoms with Crippen molar-refractivity contribution in [3.8, 4) is 10.7 Å². The van der Waals surface area contributed by atoms with Crippen LogP contribution in [0.5, 0.6) is 0 Å². The molecule has 102 valence electrons. The molecular weight excluding hydrogens is 280 g/mol. The summed E-state index contributed by atoms with van der Waals surface area (Å²) in [5, 5.41) is 11.7. The molecule has 2 N–H and O–H groups in total. The smallest absolute Gasteiger partial charge is 0.219 e. The van der Waals surface area contributed by atoms with Crippen LogP contribution in [-0.2, 0) is 11.3 Å². The van der Waals surface area contributed by atoms with E-state index in [1.165, 1.54) is 0 Å². The first-order valence-electron chi connectivity index (χ1n) is 6.00. The second-order valence-electron chi connectivity index (χ2n) is 4.32. The van der Waals surface area contributed by atoms with Crippen molar-refractivity contribution in [2.24, 2.45) is 5.73 Å². The fourth-order valence-corrected chi connectivity index (χ4v) is 3.13. The Balaban J connectivity index is 2.32. The predicted octanol–water partition coefficient (Wildman–Crippen LogP) is 2.38. The first kappa shape index (κ1) is 14.1. The minimum Gasteiger partial charge on any atom is -0.370 e. The Bertz CT molecular complexity index is 548. The summed E-state index contributed by atoms with van der Waals surface area (Å²) >= 11 is 3.24.